The molecule has 1 unspecified atom stereocenters. The normalized spacial score (nSPS) is 15.9. The van der Waals surface area contributed by atoms with E-state index in [1.807, 2.05) is 36.4 Å². The molecule has 0 heterocycles. The molecule has 1 saturated carbocycles. The van der Waals surface area contributed by atoms with Gasteiger partial charge in [0.25, 0.3) is 0 Å². The Balaban J connectivity index is 1.76. The molecular weight excluding hydrogens is 298 g/mol. The van der Waals surface area contributed by atoms with Crippen LogP contribution in [0.15, 0.2) is 53.4 Å². The van der Waals surface area contributed by atoms with Crippen LogP contribution in [0.25, 0.3) is 0 Å². The van der Waals surface area contributed by atoms with Crippen molar-refractivity contribution in [1.29, 1.82) is 0 Å². The Morgan fingerprint density at radius 1 is 1.18 bits per heavy atom. The summed E-state index contributed by atoms with van der Waals surface area (Å²) in [4.78, 5) is 0.421. The van der Waals surface area contributed by atoms with Crippen LogP contribution in [0.2, 0.25) is 0 Å². The van der Waals surface area contributed by atoms with Gasteiger partial charge in [0, 0.05) is 12.2 Å². The Morgan fingerprint density at radius 3 is 2.59 bits per heavy atom. The van der Waals surface area contributed by atoms with Crippen molar-refractivity contribution >= 4 is 16.8 Å². The molecule has 0 saturated heterocycles. The Morgan fingerprint density at radius 2 is 1.95 bits per heavy atom. The van der Waals surface area contributed by atoms with E-state index in [0.29, 0.717) is 17.5 Å². The van der Waals surface area contributed by atoms with Crippen LogP contribution in [0.3, 0.4) is 0 Å². The smallest absolute Gasteiger partial charge is 0.186 e. The molecule has 0 spiro atoms. The maximum absolute atomic E-state index is 11.5. The van der Waals surface area contributed by atoms with Crippen molar-refractivity contribution in [1.82, 2.24) is 0 Å². The summed E-state index contributed by atoms with van der Waals surface area (Å²) in [5.74, 6) is 0.767. The van der Waals surface area contributed by atoms with Crippen molar-refractivity contribution in [3.05, 3.63) is 54.1 Å². The Labute approximate surface area is 132 Å². The number of hydrogen-bond acceptors (Lipinski definition) is 3. The summed E-state index contributed by atoms with van der Waals surface area (Å²) in [6.07, 6.45) is 3.68. The van der Waals surface area contributed by atoms with E-state index in [1.54, 1.807) is 12.1 Å². The van der Waals surface area contributed by atoms with E-state index in [0.717, 1.165) is 29.8 Å². The highest BCUT2D eigenvalue weighted by molar-refractivity contribution is 7.79. The van der Waals surface area contributed by atoms with Gasteiger partial charge in [-0.05, 0) is 55.2 Å². The molecule has 0 radical (unpaired) electrons. The largest absolute Gasteiger partial charge is 0.490 e. The minimum absolute atomic E-state index is 0.292. The fourth-order valence-corrected chi connectivity index (χ4v) is 2.91. The molecule has 1 aliphatic carbocycles. The van der Waals surface area contributed by atoms with Crippen molar-refractivity contribution in [3.63, 3.8) is 0 Å². The van der Waals surface area contributed by atoms with Gasteiger partial charge < -0.3 is 14.6 Å². The van der Waals surface area contributed by atoms with Crippen LogP contribution in [0.4, 0.5) is 5.69 Å². The second-order valence-corrected chi connectivity index (χ2v) is 6.35. The van der Waals surface area contributed by atoms with Crippen LogP contribution in [-0.2, 0) is 17.6 Å². The van der Waals surface area contributed by atoms with Crippen LogP contribution in [0, 0.1) is 0 Å². The number of anilines is 1. The topological polar surface area (TPSA) is 58.6 Å². The van der Waals surface area contributed by atoms with Crippen molar-refractivity contribution in [2.75, 3.05) is 5.32 Å². The highest BCUT2D eigenvalue weighted by Crippen LogP contribution is 2.27. The first-order valence-electron chi connectivity index (χ1n) is 7.42. The SMILES string of the molecule is O=S(O)c1ccc(OC2CCC2)cc1CNc1ccccc1. The van der Waals surface area contributed by atoms with E-state index in [2.05, 4.69) is 5.32 Å². The molecule has 0 aromatic heterocycles. The van der Waals surface area contributed by atoms with E-state index in [1.165, 1.54) is 6.42 Å². The summed E-state index contributed by atoms with van der Waals surface area (Å²) in [7, 11) is 0. The predicted molar refractivity (Wildman–Crippen MR) is 87.5 cm³/mol. The molecule has 4 nitrogen and oxygen atoms in total. The van der Waals surface area contributed by atoms with Crippen molar-refractivity contribution in [3.8, 4) is 5.75 Å². The maximum Gasteiger partial charge on any atom is 0.186 e. The third-order valence-corrected chi connectivity index (χ3v) is 4.61. The molecular formula is C17H19NO3S. The Kier molecular flexibility index (Phi) is 4.75. The van der Waals surface area contributed by atoms with Crippen molar-refractivity contribution in [2.24, 2.45) is 0 Å². The Hall–Kier alpha value is -1.85. The van der Waals surface area contributed by atoms with E-state index >= 15 is 0 Å². The molecule has 3 rings (SSSR count). The molecule has 1 aliphatic rings. The van der Waals surface area contributed by atoms with Crippen LogP contribution in [0.1, 0.15) is 24.8 Å². The third-order valence-electron chi connectivity index (χ3n) is 3.83. The lowest BCUT2D eigenvalue weighted by atomic mass is 9.96. The zero-order valence-electron chi connectivity index (χ0n) is 12.2. The van der Waals surface area contributed by atoms with Gasteiger partial charge in [0.1, 0.15) is 5.75 Å². The van der Waals surface area contributed by atoms with E-state index in [4.69, 9.17) is 4.74 Å². The van der Waals surface area contributed by atoms with Gasteiger partial charge >= 0.3 is 0 Å². The van der Waals surface area contributed by atoms with E-state index in [9.17, 15) is 8.76 Å². The number of nitrogens with one attached hydrogen (secondary N) is 1. The van der Waals surface area contributed by atoms with Gasteiger partial charge in [-0.25, -0.2) is 4.21 Å². The van der Waals surface area contributed by atoms with Gasteiger partial charge in [-0.3, -0.25) is 0 Å². The first-order valence-corrected chi connectivity index (χ1v) is 8.52. The fraction of sp³-hybridized carbons (Fsp3) is 0.294. The number of benzene rings is 2. The molecule has 0 bridgehead atoms. The van der Waals surface area contributed by atoms with Gasteiger partial charge in [-0.1, -0.05) is 18.2 Å². The molecule has 2 N–H and O–H groups in total. The van der Waals surface area contributed by atoms with Gasteiger partial charge in [0.05, 0.1) is 11.0 Å². The minimum atomic E-state index is -2.00. The number of hydrogen-bond donors (Lipinski definition) is 2. The predicted octanol–water partition coefficient (Wildman–Crippen LogP) is 3.81. The Bertz CT molecular complexity index is 656. The second kappa shape index (κ2) is 6.94. The quantitative estimate of drug-likeness (QED) is 0.795. The number of ether oxygens (including phenoxy) is 1. The average molecular weight is 317 g/mol. The molecule has 22 heavy (non-hydrogen) atoms. The van der Waals surface area contributed by atoms with Crippen LogP contribution >= 0.6 is 0 Å². The highest BCUT2D eigenvalue weighted by Gasteiger charge is 2.19. The minimum Gasteiger partial charge on any atom is -0.490 e. The molecule has 1 atom stereocenters. The monoisotopic (exact) mass is 317 g/mol. The van der Waals surface area contributed by atoms with Gasteiger partial charge in [-0.15, -0.1) is 0 Å². The number of rotatable bonds is 6. The lowest BCUT2D eigenvalue weighted by molar-refractivity contribution is 0.120. The van der Waals surface area contributed by atoms with Crippen molar-refractivity contribution < 1.29 is 13.5 Å². The van der Waals surface area contributed by atoms with Crippen LogP contribution in [-0.4, -0.2) is 14.9 Å². The molecule has 0 aliphatic heterocycles. The summed E-state index contributed by atoms with van der Waals surface area (Å²) in [6.45, 7) is 0.480. The zero-order valence-corrected chi connectivity index (χ0v) is 13.0. The molecule has 5 heteroatoms. The lowest BCUT2D eigenvalue weighted by Crippen LogP contribution is -2.24. The van der Waals surface area contributed by atoms with Crippen LogP contribution < -0.4 is 10.1 Å². The average Bonchev–Trinajstić information content (AvgIpc) is 2.50. The van der Waals surface area contributed by atoms with Gasteiger partial charge in [0.2, 0.25) is 0 Å². The molecule has 1 fully saturated rings. The lowest BCUT2D eigenvalue weighted by Gasteiger charge is -2.26. The second-order valence-electron chi connectivity index (χ2n) is 5.41. The van der Waals surface area contributed by atoms with Crippen molar-refractivity contribution in [2.45, 2.75) is 36.8 Å². The zero-order chi connectivity index (χ0) is 15.4. The summed E-state index contributed by atoms with van der Waals surface area (Å²) < 4.78 is 26.8. The number of para-hydroxylation sites is 1. The summed E-state index contributed by atoms with van der Waals surface area (Å²) >= 11 is -2.00. The van der Waals surface area contributed by atoms with Gasteiger partial charge in [-0.2, -0.15) is 0 Å². The molecule has 0 amide bonds. The summed E-state index contributed by atoms with van der Waals surface area (Å²) in [5, 5.41) is 3.26. The van der Waals surface area contributed by atoms with Crippen LogP contribution in [0.5, 0.6) is 5.75 Å². The first-order chi connectivity index (χ1) is 10.7. The summed E-state index contributed by atoms with van der Waals surface area (Å²) in [5.41, 5.74) is 1.75. The first kappa shape index (κ1) is 15.1. The standard InChI is InChI=1S/C17H19NO3S/c19-22(20)17-10-9-16(21-15-7-4-8-15)11-13(17)12-18-14-5-2-1-3-6-14/h1-3,5-6,9-11,15,18H,4,7-8,12H2,(H,19,20). The summed E-state index contributed by atoms with van der Waals surface area (Å²) in [6, 6.07) is 15.1. The maximum atomic E-state index is 11.5. The molecule has 116 valence electrons. The highest BCUT2D eigenvalue weighted by atomic mass is 32.2. The van der Waals surface area contributed by atoms with E-state index in [-0.39, 0.29) is 0 Å². The molecule has 2 aromatic rings. The van der Waals surface area contributed by atoms with Gasteiger partial charge in [0.15, 0.2) is 11.1 Å². The molecule has 2 aromatic carbocycles. The third kappa shape index (κ3) is 3.67. The fourth-order valence-electron chi connectivity index (χ4n) is 2.37. The van der Waals surface area contributed by atoms with E-state index < -0.39 is 11.1 Å².